The summed E-state index contributed by atoms with van der Waals surface area (Å²) in [6.07, 6.45) is 13.7. The summed E-state index contributed by atoms with van der Waals surface area (Å²) in [5.41, 5.74) is 10.7. The summed E-state index contributed by atoms with van der Waals surface area (Å²) in [6.45, 7) is 0.268. The average Bonchev–Trinajstić information content (AvgIpc) is 3.65. The van der Waals surface area contributed by atoms with E-state index >= 15 is 0 Å². The second-order valence-electron chi connectivity index (χ2n) is 12.4. The van der Waals surface area contributed by atoms with E-state index in [0.717, 1.165) is 30.6 Å². The molecule has 3 aromatic carbocycles. The van der Waals surface area contributed by atoms with Crippen molar-refractivity contribution in [2.75, 3.05) is 11.4 Å². The zero-order valence-corrected chi connectivity index (χ0v) is 23.8. The van der Waals surface area contributed by atoms with Crippen LogP contribution in [-0.2, 0) is 11.2 Å². The monoisotopic (exact) mass is 538 g/mol. The molecule has 0 radical (unpaired) electrons. The van der Waals surface area contributed by atoms with E-state index in [1.807, 2.05) is 0 Å². The number of anilines is 3. The van der Waals surface area contributed by atoms with Gasteiger partial charge in [-0.3, -0.25) is 4.79 Å². The van der Waals surface area contributed by atoms with Crippen LogP contribution in [-0.4, -0.2) is 17.6 Å². The van der Waals surface area contributed by atoms with Gasteiger partial charge in [-0.05, 0) is 97.7 Å². The van der Waals surface area contributed by atoms with Crippen LogP contribution in [0, 0.1) is 29.6 Å². The van der Waals surface area contributed by atoms with Crippen molar-refractivity contribution in [1.29, 1.82) is 0 Å². The fourth-order valence-corrected chi connectivity index (χ4v) is 7.31. The van der Waals surface area contributed by atoms with E-state index in [0.29, 0.717) is 5.92 Å². The quantitative estimate of drug-likeness (QED) is 0.228. The molecule has 3 N–H and O–H groups in total. The van der Waals surface area contributed by atoms with Gasteiger partial charge in [0.15, 0.2) is 0 Å². The first-order valence-electron chi connectivity index (χ1n) is 15.5. The minimum absolute atomic E-state index is 0.268. The molecule has 212 valence electrons. The van der Waals surface area contributed by atoms with Crippen LogP contribution in [0.2, 0.25) is 0 Å². The maximum atomic E-state index is 11.3. The topological polar surface area (TPSA) is 66.6 Å². The van der Waals surface area contributed by atoms with Gasteiger partial charge < -0.3 is 15.7 Å². The number of carbonyl (C=O) groups is 1. The molecule has 5 rings (SSSR count). The van der Waals surface area contributed by atoms with E-state index in [1.165, 1.54) is 80.4 Å². The maximum Gasteiger partial charge on any atom is 0.307 e. The van der Waals surface area contributed by atoms with Gasteiger partial charge >= 0.3 is 5.97 Å². The molecule has 3 aromatic rings. The van der Waals surface area contributed by atoms with E-state index < -0.39 is 5.97 Å². The van der Waals surface area contributed by atoms with Crippen LogP contribution in [0.5, 0.6) is 0 Å². The average molecular weight is 539 g/mol. The molecule has 2 aliphatic carbocycles. The van der Waals surface area contributed by atoms with Crippen molar-refractivity contribution in [3.63, 3.8) is 0 Å². The number of aryl methyl sites for hydroxylation is 1. The fourth-order valence-electron chi connectivity index (χ4n) is 7.31. The normalized spacial score (nSPS) is 23.2. The number of nitrogens with two attached hydrogens (primary N) is 1. The third kappa shape index (κ3) is 7.54. The van der Waals surface area contributed by atoms with Crippen molar-refractivity contribution < 1.29 is 9.90 Å². The number of carboxylic acid groups (broad SMARTS) is 1. The Morgan fingerprint density at radius 3 is 1.70 bits per heavy atom. The molecule has 0 bridgehead atoms. The Morgan fingerprint density at radius 1 is 0.700 bits per heavy atom. The van der Waals surface area contributed by atoms with Crippen molar-refractivity contribution in [2.45, 2.75) is 70.6 Å². The molecule has 0 aliphatic heterocycles. The summed E-state index contributed by atoms with van der Waals surface area (Å²) in [5.74, 6) is 2.01. The Kier molecular flexibility index (Phi) is 9.94. The van der Waals surface area contributed by atoms with Gasteiger partial charge in [0.2, 0.25) is 0 Å². The first-order valence-corrected chi connectivity index (χ1v) is 15.5. The highest BCUT2D eigenvalue weighted by molar-refractivity contribution is 5.76. The number of aliphatic carboxylic acids is 1. The van der Waals surface area contributed by atoms with Crippen LogP contribution in [0.1, 0.15) is 69.8 Å². The Balaban J connectivity index is 1.07. The second kappa shape index (κ2) is 14.0. The molecule has 5 unspecified atom stereocenters. The molecule has 4 nitrogen and oxygen atoms in total. The van der Waals surface area contributed by atoms with Crippen molar-refractivity contribution in [2.24, 2.45) is 35.3 Å². The van der Waals surface area contributed by atoms with E-state index in [1.54, 1.807) is 0 Å². The van der Waals surface area contributed by atoms with E-state index in [2.05, 4.69) is 89.8 Å². The summed E-state index contributed by atoms with van der Waals surface area (Å²) in [4.78, 5) is 13.7. The highest BCUT2D eigenvalue weighted by Crippen LogP contribution is 2.42. The van der Waals surface area contributed by atoms with Crippen molar-refractivity contribution >= 4 is 23.0 Å². The van der Waals surface area contributed by atoms with Crippen LogP contribution in [0.15, 0.2) is 84.9 Å². The van der Waals surface area contributed by atoms with Gasteiger partial charge in [-0.2, -0.15) is 0 Å². The Morgan fingerprint density at radius 2 is 1.18 bits per heavy atom. The highest BCUT2D eigenvalue weighted by Gasteiger charge is 2.30. The molecule has 0 amide bonds. The molecule has 0 saturated heterocycles. The smallest absolute Gasteiger partial charge is 0.307 e. The summed E-state index contributed by atoms with van der Waals surface area (Å²) < 4.78 is 0. The lowest BCUT2D eigenvalue weighted by Crippen LogP contribution is -2.25. The van der Waals surface area contributed by atoms with Gasteiger partial charge in [0.25, 0.3) is 0 Å². The second-order valence-corrected chi connectivity index (χ2v) is 12.4. The number of carboxylic acids is 1. The number of hydrogen-bond acceptors (Lipinski definition) is 3. The number of nitrogens with zero attached hydrogens (tertiary/aromatic N) is 1. The lowest BCUT2D eigenvalue weighted by molar-refractivity contribution is -0.142. The first-order chi connectivity index (χ1) is 19.6. The Hall–Kier alpha value is -3.11. The van der Waals surface area contributed by atoms with Crippen molar-refractivity contribution in [3.8, 4) is 0 Å². The van der Waals surface area contributed by atoms with Gasteiger partial charge in [-0.15, -0.1) is 0 Å². The molecule has 5 atom stereocenters. The third-order valence-electron chi connectivity index (χ3n) is 9.60. The van der Waals surface area contributed by atoms with Gasteiger partial charge in [0.05, 0.1) is 5.92 Å². The highest BCUT2D eigenvalue weighted by atomic mass is 16.4. The van der Waals surface area contributed by atoms with E-state index in [9.17, 15) is 9.90 Å². The van der Waals surface area contributed by atoms with Gasteiger partial charge in [0.1, 0.15) is 0 Å². The van der Waals surface area contributed by atoms with Crippen LogP contribution in [0.3, 0.4) is 0 Å². The molecular formula is C36H46N2O2. The predicted octanol–water partition coefficient (Wildman–Crippen LogP) is 8.75. The van der Waals surface area contributed by atoms with Crippen LogP contribution in [0.4, 0.5) is 17.1 Å². The van der Waals surface area contributed by atoms with Crippen LogP contribution < -0.4 is 10.6 Å². The standard InChI is InChI=1S/C36H46N2O2/c37-26-32(36(39)40)25-31-18-17-30(24-31)16-15-29-14-13-28(23-29)12-11-27-19-21-35(22-20-27)38(33-7-3-1-4-8-33)34-9-5-2-6-10-34/h1-10,19-22,28-32H,11-18,23-26,37H2,(H,39,40). The summed E-state index contributed by atoms with van der Waals surface area (Å²) >= 11 is 0. The molecule has 0 spiro atoms. The molecule has 4 heteroatoms. The first kappa shape index (κ1) is 28.4. The minimum atomic E-state index is -0.722. The summed E-state index contributed by atoms with van der Waals surface area (Å²) in [5, 5.41) is 9.33. The number of benzene rings is 3. The minimum Gasteiger partial charge on any atom is -0.481 e. The SMILES string of the molecule is NCC(CC1CCC(CCC2CCC(CCc3ccc(N(c4ccccc4)c4ccccc4)cc3)C2)C1)C(=O)O. The lowest BCUT2D eigenvalue weighted by atomic mass is 9.89. The van der Waals surface area contributed by atoms with Gasteiger partial charge in [0, 0.05) is 23.6 Å². The Bertz CT molecular complexity index is 1140. The van der Waals surface area contributed by atoms with E-state index in [4.69, 9.17) is 5.73 Å². The zero-order chi connectivity index (χ0) is 27.7. The largest absolute Gasteiger partial charge is 0.481 e. The zero-order valence-electron chi connectivity index (χ0n) is 23.8. The predicted molar refractivity (Wildman–Crippen MR) is 165 cm³/mol. The van der Waals surface area contributed by atoms with Crippen LogP contribution in [0.25, 0.3) is 0 Å². The molecule has 2 saturated carbocycles. The molecule has 2 fully saturated rings. The lowest BCUT2D eigenvalue weighted by Gasteiger charge is -2.25. The van der Waals surface area contributed by atoms with Gasteiger partial charge in [-0.25, -0.2) is 0 Å². The fraction of sp³-hybridized carbons (Fsp3) is 0.472. The third-order valence-corrected chi connectivity index (χ3v) is 9.60. The number of para-hydroxylation sites is 2. The van der Waals surface area contributed by atoms with Gasteiger partial charge in [-0.1, -0.05) is 87.1 Å². The molecular weight excluding hydrogens is 492 g/mol. The van der Waals surface area contributed by atoms with Crippen molar-refractivity contribution in [3.05, 3.63) is 90.5 Å². The number of hydrogen-bond donors (Lipinski definition) is 2. The molecule has 0 heterocycles. The molecule has 2 aliphatic rings. The summed E-state index contributed by atoms with van der Waals surface area (Å²) in [7, 11) is 0. The summed E-state index contributed by atoms with van der Waals surface area (Å²) in [6, 6.07) is 30.4. The Labute approximate surface area is 240 Å². The molecule has 40 heavy (non-hydrogen) atoms. The van der Waals surface area contributed by atoms with Crippen molar-refractivity contribution in [1.82, 2.24) is 0 Å². The molecule has 0 aromatic heterocycles. The number of rotatable bonds is 13. The maximum absolute atomic E-state index is 11.3. The van der Waals surface area contributed by atoms with E-state index in [-0.39, 0.29) is 12.5 Å². The van der Waals surface area contributed by atoms with Crippen LogP contribution >= 0.6 is 0 Å².